The zero-order chi connectivity index (χ0) is 16.6. The first-order chi connectivity index (χ1) is 10.9. The van der Waals surface area contributed by atoms with Gasteiger partial charge in [-0.3, -0.25) is 9.59 Å². The molecule has 2 aliphatic heterocycles. The minimum absolute atomic E-state index is 0.00858. The van der Waals surface area contributed by atoms with Gasteiger partial charge in [-0.05, 0) is 51.1 Å². The molecule has 3 rings (SSSR count). The number of rotatable bonds is 4. The molecule has 23 heavy (non-hydrogen) atoms. The number of hydrogen-bond acceptors (Lipinski definition) is 4. The van der Waals surface area contributed by atoms with Crippen molar-refractivity contribution in [1.29, 1.82) is 0 Å². The summed E-state index contributed by atoms with van der Waals surface area (Å²) in [5, 5.41) is 9.89. The number of aliphatic hydroxyl groups excluding tert-OH is 1. The zero-order valence-corrected chi connectivity index (χ0v) is 14.7. The lowest BCUT2D eigenvalue weighted by atomic mass is 9.90. The molecule has 2 heterocycles. The van der Waals surface area contributed by atoms with E-state index in [9.17, 15) is 14.7 Å². The third kappa shape index (κ3) is 3.51. The molecule has 0 aromatic carbocycles. The third-order valence-corrected chi connectivity index (χ3v) is 6.11. The van der Waals surface area contributed by atoms with Crippen molar-refractivity contribution in [2.24, 2.45) is 5.41 Å². The topological polar surface area (TPSA) is 64.1 Å². The Morgan fingerprint density at radius 3 is 2.61 bits per heavy atom. The summed E-state index contributed by atoms with van der Waals surface area (Å²) in [6.07, 6.45) is 4.20. The van der Waals surface area contributed by atoms with Crippen molar-refractivity contribution in [3.8, 4) is 0 Å². The summed E-state index contributed by atoms with van der Waals surface area (Å²) in [4.78, 5) is 29.3. The van der Waals surface area contributed by atoms with Crippen LogP contribution in [0.15, 0.2) is 0 Å². The minimum Gasteiger partial charge on any atom is -0.391 e. The van der Waals surface area contributed by atoms with Crippen molar-refractivity contribution in [2.45, 2.75) is 44.8 Å². The lowest BCUT2D eigenvalue weighted by molar-refractivity contribution is -0.139. The van der Waals surface area contributed by atoms with Crippen LogP contribution in [0.4, 0.5) is 4.79 Å². The Morgan fingerprint density at radius 1 is 1.26 bits per heavy atom. The highest BCUT2D eigenvalue weighted by Crippen LogP contribution is 2.53. The smallest absolute Gasteiger partial charge is 0.279 e. The Bertz CT molecular complexity index is 483. The highest BCUT2D eigenvalue weighted by atomic mass is 32.1. The first-order valence-electron chi connectivity index (χ1n) is 8.62. The Labute approximate surface area is 143 Å². The molecule has 0 radical (unpaired) electrons. The molecule has 0 aromatic heterocycles. The maximum absolute atomic E-state index is 12.3. The molecule has 1 N–H and O–H groups in total. The maximum Gasteiger partial charge on any atom is 0.279 e. The fourth-order valence-electron chi connectivity index (χ4n) is 3.92. The van der Waals surface area contributed by atoms with Crippen molar-refractivity contribution in [2.75, 3.05) is 39.3 Å². The highest BCUT2D eigenvalue weighted by Gasteiger charge is 2.51. The van der Waals surface area contributed by atoms with Gasteiger partial charge in [-0.1, -0.05) is 12.6 Å². The summed E-state index contributed by atoms with van der Waals surface area (Å²) in [6, 6.07) is -0.416. The Morgan fingerprint density at radius 2 is 2.00 bits per heavy atom. The molecule has 3 fully saturated rings. The van der Waals surface area contributed by atoms with Gasteiger partial charge < -0.3 is 19.8 Å². The number of piperazine rings is 1. The van der Waals surface area contributed by atoms with Gasteiger partial charge in [0.15, 0.2) is 0 Å². The molecule has 1 saturated carbocycles. The molecule has 7 heteroatoms. The van der Waals surface area contributed by atoms with E-state index in [1.807, 2.05) is 4.90 Å². The van der Waals surface area contributed by atoms with E-state index in [1.165, 1.54) is 17.7 Å². The number of nitrogens with zero attached hydrogens (tertiary/aromatic N) is 3. The first-order valence-corrected chi connectivity index (χ1v) is 9.06. The van der Waals surface area contributed by atoms with Crippen molar-refractivity contribution in [3.05, 3.63) is 0 Å². The van der Waals surface area contributed by atoms with Gasteiger partial charge in [-0.25, -0.2) is 0 Å². The van der Waals surface area contributed by atoms with Crippen LogP contribution in [0.2, 0.25) is 0 Å². The maximum atomic E-state index is 12.3. The van der Waals surface area contributed by atoms with E-state index in [0.717, 1.165) is 39.0 Å². The number of β-amino-alcohol motifs (C(OH)–C–C–N with tert-alkyl or cyclic N) is 1. The number of hydrogen-bond donors (Lipinski definition) is 2. The quantitative estimate of drug-likeness (QED) is 0.743. The van der Waals surface area contributed by atoms with Gasteiger partial charge in [-0.15, -0.1) is 0 Å². The third-order valence-electron chi connectivity index (χ3n) is 5.85. The van der Waals surface area contributed by atoms with Crippen LogP contribution in [0.25, 0.3) is 0 Å². The van der Waals surface area contributed by atoms with E-state index in [-0.39, 0.29) is 22.7 Å². The fraction of sp³-hybridized carbons (Fsp3) is 0.875. The van der Waals surface area contributed by atoms with Gasteiger partial charge >= 0.3 is 0 Å². The second-order valence-corrected chi connectivity index (χ2v) is 7.64. The van der Waals surface area contributed by atoms with Crippen LogP contribution < -0.4 is 0 Å². The van der Waals surface area contributed by atoms with E-state index in [0.29, 0.717) is 13.1 Å². The van der Waals surface area contributed by atoms with E-state index in [2.05, 4.69) is 17.5 Å². The number of aliphatic hydroxyl groups is 1. The molecule has 3 aliphatic rings. The monoisotopic (exact) mass is 341 g/mol. The van der Waals surface area contributed by atoms with Crippen molar-refractivity contribution in [1.82, 2.24) is 14.7 Å². The molecule has 2 unspecified atom stereocenters. The predicted octanol–water partition coefficient (Wildman–Crippen LogP) is 0.806. The van der Waals surface area contributed by atoms with Gasteiger partial charge in [0.1, 0.15) is 6.04 Å². The van der Waals surface area contributed by atoms with Gasteiger partial charge in [0, 0.05) is 26.2 Å². The minimum atomic E-state index is -0.416. The molecule has 2 amide bonds. The fourth-order valence-corrected chi connectivity index (χ4v) is 4.20. The lowest BCUT2D eigenvalue weighted by Crippen LogP contribution is -2.56. The van der Waals surface area contributed by atoms with Crippen molar-refractivity contribution >= 4 is 23.8 Å². The molecule has 2 atom stereocenters. The number of likely N-dealkylation sites (tertiary alicyclic amines) is 1. The summed E-state index contributed by atoms with van der Waals surface area (Å²) >= 11 is 3.82. The number of carbonyl (C=O) groups excluding carboxylic acids is 2. The number of carbonyl (C=O) groups is 2. The van der Waals surface area contributed by atoms with E-state index in [1.54, 1.807) is 6.92 Å². The van der Waals surface area contributed by atoms with Gasteiger partial charge in [0.25, 0.3) is 5.24 Å². The molecule has 1 spiro atoms. The van der Waals surface area contributed by atoms with Crippen LogP contribution >= 0.6 is 12.6 Å². The Kier molecular flexibility index (Phi) is 4.90. The molecule has 130 valence electrons. The van der Waals surface area contributed by atoms with Crippen LogP contribution in [0.5, 0.6) is 0 Å². The predicted molar refractivity (Wildman–Crippen MR) is 90.5 cm³/mol. The van der Waals surface area contributed by atoms with Crippen LogP contribution in [0.1, 0.15) is 32.6 Å². The molecule has 6 nitrogen and oxygen atoms in total. The first kappa shape index (κ1) is 17.0. The normalized spacial score (nSPS) is 30.8. The molecule has 2 saturated heterocycles. The summed E-state index contributed by atoms with van der Waals surface area (Å²) < 4.78 is 0. The van der Waals surface area contributed by atoms with Crippen molar-refractivity contribution in [3.63, 3.8) is 0 Å². The molecular formula is C16H27N3O3S. The largest absolute Gasteiger partial charge is 0.391 e. The Hall–Kier alpha value is -0.790. The molecule has 0 bridgehead atoms. The average Bonchev–Trinajstić information content (AvgIpc) is 3.28. The highest BCUT2D eigenvalue weighted by molar-refractivity contribution is 7.96. The second-order valence-electron chi connectivity index (χ2n) is 7.26. The van der Waals surface area contributed by atoms with E-state index in [4.69, 9.17) is 0 Å². The Balaban J connectivity index is 1.41. The summed E-state index contributed by atoms with van der Waals surface area (Å²) in [6.45, 7) is 6.37. The summed E-state index contributed by atoms with van der Waals surface area (Å²) in [5.74, 6) is 0.00858. The zero-order valence-electron chi connectivity index (χ0n) is 13.8. The number of thiol groups is 1. The molecular weight excluding hydrogens is 314 g/mol. The van der Waals surface area contributed by atoms with Crippen LogP contribution in [-0.4, -0.2) is 82.4 Å². The van der Waals surface area contributed by atoms with Crippen LogP contribution in [-0.2, 0) is 4.79 Å². The number of piperidine rings is 1. The molecule has 0 aromatic rings. The second kappa shape index (κ2) is 6.61. The van der Waals surface area contributed by atoms with Crippen molar-refractivity contribution < 1.29 is 14.7 Å². The summed E-state index contributed by atoms with van der Waals surface area (Å²) in [5.41, 5.74) is 0.248. The van der Waals surface area contributed by atoms with E-state index >= 15 is 0 Å². The van der Waals surface area contributed by atoms with Gasteiger partial charge in [0.2, 0.25) is 5.91 Å². The van der Waals surface area contributed by atoms with Crippen LogP contribution in [0, 0.1) is 5.41 Å². The van der Waals surface area contributed by atoms with Gasteiger partial charge in [0.05, 0.1) is 6.10 Å². The van der Waals surface area contributed by atoms with E-state index < -0.39 is 6.04 Å². The van der Waals surface area contributed by atoms with Crippen LogP contribution in [0.3, 0.4) is 0 Å². The standard InChI is InChI=1S/C16H27N3O3S/c1-12-14(21)18(9-10-19(12)15(22)23)7-2-6-17-8-5-16(3-4-16)13(20)11-17/h12-13,20H,2-11H2,1H3,(H,22,23). The molecule has 1 aliphatic carbocycles. The van der Waals surface area contributed by atoms with Gasteiger partial charge in [-0.2, -0.15) is 0 Å². The average molecular weight is 341 g/mol. The summed E-state index contributed by atoms with van der Waals surface area (Å²) in [7, 11) is 0. The lowest BCUT2D eigenvalue weighted by Gasteiger charge is -2.39. The SMILES string of the molecule is CC1C(=O)N(CCCN2CCC3(CC3)C(O)C2)CCN1C(=O)S. The number of amides is 2.